The molecule has 0 atom stereocenters. The Balaban J connectivity index is 2.07. The van der Waals surface area contributed by atoms with E-state index in [1.807, 2.05) is 32.3 Å². The van der Waals surface area contributed by atoms with E-state index in [9.17, 15) is 12.8 Å². The maximum atomic E-state index is 14.2. The molecule has 0 fully saturated rings. The minimum Gasteiger partial charge on any atom is -0.308 e. The molecule has 0 amide bonds. The van der Waals surface area contributed by atoms with Crippen molar-refractivity contribution in [2.24, 2.45) is 0 Å². The van der Waals surface area contributed by atoms with Crippen LogP contribution in [-0.2, 0) is 9.84 Å². The number of benzene rings is 2. The predicted molar refractivity (Wildman–Crippen MR) is 111 cm³/mol. The number of nitrogens with zero attached hydrogens (tertiary/aromatic N) is 2. The normalized spacial score (nSPS) is 15.0. The highest BCUT2D eigenvalue weighted by Crippen LogP contribution is 2.33. The molecule has 3 rings (SSSR count). The van der Waals surface area contributed by atoms with Gasteiger partial charge in [0.2, 0.25) is 0 Å². The smallest absolute Gasteiger partial charge is 0.175 e. The van der Waals surface area contributed by atoms with Crippen LogP contribution in [0.2, 0.25) is 0 Å². The summed E-state index contributed by atoms with van der Waals surface area (Å²) in [6.07, 6.45) is 1.20. The Hall–Kier alpha value is -2.22. The van der Waals surface area contributed by atoms with Crippen LogP contribution in [0.15, 0.2) is 47.4 Å². The van der Waals surface area contributed by atoms with Crippen LogP contribution in [-0.4, -0.2) is 58.3 Å². The molecule has 5 nitrogen and oxygen atoms in total. The zero-order valence-corrected chi connectivity index (χ0v) is 17.5. The minimum absolute atomic E-state index is 0.233. The third-order valence-corrected chi connectivity index (χ3v) is 5.98. The Morgan fingerprint density at radius 3 is 2.32 bits per heavy atom. The summed E-state index contributed by atoms with van der Waals surface area (Å²) in [7, 11) is 0.765. The van der Waals surface area contributed by atoms with Gasteiger partial charge in [0.1, 0.15) is 5.82 Å². The first kappa shape index (κ1) is 20.5. The number of hydrazine groups is 1. The number of sulfone groups is 1. The molecule has 0 spiro atoms. The predicted octanol–water partition coefficient (Wildman–Crippen LogP) is 2.79. The largest absolute Gasteiger partial charge is 0.308 e. The lowest BCUT2D eigenvalue weighted by Gasteiger charge is -2.24. The Bertz CT molecular complexity index is 999. The molecule has 1 aliphatic heterocycles. The van der Waals surface area contributed by atoms with E-state index in [0.29, 0.717) is 12.1 Å². The molecule has 150 valence electrons. The standard InChI is InChI=1S/C21H26FN3O2S/c1-15-5-6-17(13-20(15)22)19-14-23-25(12-11-24(2)3)21(19)16-7-9-18(10-8-16)28(4,26)27/h5-10,13,23H,11-12,14H2,1-4H3. The van der Waals surface area contributed by atoms with Crippen molar-refractivity contribution in [1.82, 2.24) is 15.3 Å². The van der Waals surface area contributed by atoms with E-state index < -0.39 is 9.84 Å². The van der Waals surface area contributed by atoms with Crippen LogP contribution in [0.5, 0.6) is 0 Å². The number of aryl methyl sites for hydroxylation is 1. The summed E-state index contributed by atoms with van der Waals surface area (Å²) in [5, 5.41) is 2.06. The molecule has 2 aromatic rings. The van der Waals surface area contributed by atoms with E-state index in [0.717, 1.165) is 35.5 Å². The average molecular weight is 404 g/mol. The third-order valence-electron chi connectivity index (χ3n) is 4.85. The molecule has 0 bridgehead atoms. The molecule has 0 radical (unpaired) electrons. The van der Waals surface area contributed by atoms with Gasteiger partial charge in [0.15, 0.2) is 9.84 Å². The Kier molecular flexibility index (Phi) is 5.88. The quantitative estimate of drug-likeness (QED) is 0.804. The number of likely N-dealkylation sites (N-methyl/N-ethyl adjacent to an activating group) is 1. The molecule has 2 aromatic carbocycles. The van der Waals surface area contributed by atoms with Crippen molar-refractivity contribution < 1.29 is 12.8 Å². The van der Waals surface area contributed by atoms with Crippen molar-refractivity contribution >= 4 is 21.1 Å². The lowest BCUT2D eigenvalue weighted by atomic mass is 9.99. The van der Waals surface area contributed by atoms with Gasteiger partial charge < -0.3 is 9.91 Å². The maximum Gasteiger partial charge on any atom is 0.175 e. The molecule has 0 saturated heterocycles. The molecule has 0 aromatic heterocycles. The van der Waals surface area contributed by atoms with E-state index in [2.05, 4.69) is 15.3 Å². The molecule has 0 aliphatic carbocycles. The highest BCUT2D eigenvalue weighted by molar-refractivity contribution is 7.90. The van der Waals surface area contributed by atoms with Crippen molar-refractivity contribution in [3.8, 4) is 0 Å². The molecule has 1 N–H and O–H groups in total. The first-order valence-electron chi connectivity index (χ1n) is 9.13. The lowest BCUT2D eigenvalue weighted by molar-refractivity contribution is 0.276. The summed E-state index contributed by atoms with van der Waals surface area (Å²) in [6.45, 7) is 3.91. The fourth-order valence-electron chi connectivity index (χ4n) is 3.20. The molecule has 0 saturated carbocycles. The van der Waals surface area contributed by atoms with Crippen molar-refractivity contribution in [2.45, 2.75) is 11.8 Å². The van der Waals surface area contributed by atoms with E-state index in [1.54, 1.807) is 31.2 Å². The Morgan fingerprint density at radius 1 is 1.11 bits per heavy atom. The Labute approximate surface area is 166 Å². The van der Waals surface area contributed by atoms with Gasteiger partial charge in [-0.05, 0) is 55.9 Å². The van der Waals surface area contributed by atoms with Crippen LogP contribution in [0, 0.1) is 12.7 Å². The monoisotopic (exact) mass is 403 g/mol. The number of rotatable bonds is 6. The van der Waals surface area contributed by atoms with Gasteiger partial charge in [-0.2, -0.15) is 0 Å². The van der Waals surface area contributed by atoms with Crippen molar-refractivity contribution in [3.05, 3.63) is 65.0 Å². The second-order valence-corrected chi connectivity index (χ2v) is 9.39. The van der Waals surface area contributed by atoms with E-state index in [-0.39, 0.29) is 10.7 Å². The van der Waals surface area contributed by atoms with Gasteiger partial charge in [-0.3, -0.25) is 0 Å². The van der Waals surface area contributed by atoms with Crippen molar-refractivity contribution in [3.63, 3.8) is 0 Å². The Morgan fingerprint density at radius 2 is 1.75 bits per heavy atom. The zero-order valence-electron chi connectivity index (χ0n) is 16.7. The lowest BCUT2D eigenvalue weighted by Crippen LogP contribution is -2.36. The van der Waals surface area contributed by atoms with E-state index in [4.69, 9.17) is 0 Å². The first-order chi connectivity index (χ1) is 13.2. The highest BCUT2D eigenvalue weighted by Gasteiger charge is 2.25. The molecule has 7 heteroatoms. The van der Waals surface area contributed by atoms with Crippen molar-refractivity contribution in [1.29, 1.82) is 0 Å². The molecular weight excluding hydrogens is 377 g/mol. The molecule has 1 aliphatic rings. The fraction of sp³-hybridized carbons (Fsp3) is 0.333. The van der Waals surface area contributed by atoms with Gasteiger partial charge in [0.25, 0.3) is 0 Å². The van der Waals surface area contributed by atoms with Gasteiger partial charge >= 0.3 is 0 Å². The SMILES string of the molecule is Cc1ccc(C2=C(c3ccc(S(C)(=O)=O)cc3)N(CCN(C)C)NC2)cc1F. The second-order valence-electron chi connectivity index (χ2n) is 7.38. The van der Waals surface area contributed by atoms with Crippen LogP contribution in [0.25, 0.3) is 11.3 Å². The number of nitrogens with one attached hydrogen (secondary N) is 1. The highest BCUT2D eigenvalue weighted by atomic mass is 32.2. The minimum atomic E-state index is -3.26. The molecular formula is C21H26FN3O2S. The topological polar surface area (TPSA) is 52.7 Å². The summed E-state index contributed by atoms with van der Waals surface area (Å²) in [4.78, 5) is 2.38. The summed E-state index contributed by atoms with van der Waals surface area (Å²) < 4.78 is 37.7. The fourth-order valence-corrected chi connectivity index (χ4v) is 3.83. The third kappa shape index (κ3) is 4.43. The van der Waals surface area contributed by atoms with E-state index >= 15 is 0 Å². The summed E-state index contributed by atoms with van der Waals surface area (Å²) in [5.74, 6) is -0.233. The molecule has 1 heterocycles. The van der Waals surface area contributed by atoms with Crippen molar-refractivity contribution in [2.75, 3.05) is 40.0 Å². The number of hydrogen-bond acceptors (Lipinski definition) is 5. The van der Waals surface area contributed by atoms with Gasteiger partial charge in [-0.25, -0.2) is 18.2 Å². The van der Waals surface area contributed by atoms with Crippen LogP contribution in [0.3, 0.4) is 0 Å². The number of hydrogen-bond donors (Lipinski definition) is 1. The molecule has 28 heavy (non-hydrogen) atoms. The first-order valence-corrected chi connectivity index (χ1v) is 11.0. The molecule has 0 unspecified atom stereocenters. The number of halogens is 1. The summed E-state index contributed by atoms with van der Waals surface area (Å²) >= 11 is 0. The van der Waals surface area contributed by atoms with Crippen LogP contribution >= 0.6 is 0 Å². The maximum absolute atomic E-state index is 14.2. The van der Waals surface area contributed by atoms with Crippen LogP contribution in [0.1, 0.15) is 16.7 Å². The summed E-state index contributed by atoms with van der Waals surface area (Å²) in [6, 6.07) is 12.1. The zero-order chi connectivity index (χ0) is 20.5. The summed E-state index contributed by atoms with van der Waals surface area (Å²) in [5.41, 5.74) is 7.65. The van der Waals surface area contributed by atoms with Gasteiger partial charge in [-0.1, -0.05) is 24.3 Å². The second kappa shape index (κ2) is 8.03. The van der Waals surface area contributed by atoms with Crippen LogP contribution < -0.4 is 5.43 Å². The van der Waals surface area contributed by atoms with E-state index in [1.165, 1.54) is 6.26 Å². The van der Waals surface area contributed by atoms with Gasteiger partial charge in [0, 0.05) is 31.5 Å². The average Bonchev–Trinajstić information content (AvgIpc) is 3.05. The van der Waals surface area contributed by atoms with Crippen LogP contribution in [0.4, 0.5) is 4.39 Å². The van der Waals surface area contributed by atoms with Gasteiger partial charge in [0.05, 0.1) is 10.6 Å². The van der Waals surface area contributed by atoms with Gasteiger partial charge in [-0.15, -0.1) is 0 Å².